The van der Waals surface area contributed by atoms with Crippen LogP contribution in [0.1, 0.15) is 78.2 Å². The number of hydrogen-bond donors (Lipinski definition) is 1. The Morgan fingerprint density at radius 1 is 0.722 bits per heavy atom. The summed E-state index contributed by atoms with van der Waals surface area (Å²) in [5.41, 5.74) is 12.3. The van der Waals surface area contributed by atoms with Gasteiger partial charge in [-0.15, -0.1) is 0 Å². The molecule has 4 nitrogen and oxygen atoms in total. The fourth-order valence-electron chi connectivity index (χ4n) is 5.81. The van der Waals surface area contributed by atoms with Gasteiger partial charge >= 0.3 is 27.0 Å². The number of hydrogen-bond acceptors (Lipinski definition) is 3. The van der Waals surface area contributed by atoms with Crippen LogP contribution >= 0.6 is 9.69 Å². The molecule has 2 bridgehead atoms. The minimum atomic E-state index is -3.79. The summed E-state index contributed by atoms with van der Waals surface area (Å²) in [5.74, 6) is -0.188. The number of sulfonamides is 1. The maximum atomic E-state index is 13.0. The van der Waals surface area contributed by atoms with Gasteiger partial charge in [0.2, 0.25) is 0 Å². The third-order valence-corrected chi connectivity index (χ3v) is 8.92. The summed E-state index contributed by atoms with van der Waals surface area (Å²) in [6, 6.07) is 22.3. The molecule has 0 amide bonds. The zero-order valence-electron chi connectivity index (χ0n) is 20.5. The molecule has 192 valence electrons. The topological polar surface area (TPSA) is 74.3 Å². The molecular weight excluding hydrogens is 577 g/mol. The van der Waals surface area contributed by atoms with Crippen LogP contribution in [0.4, 0.5) is 0 Å². The van der Waals surface area contributed by atoms with E-state index in [9.17, 15) is 8.42 Å². The van der Waals surface area contributed by atoms with Crippen molar-refractivity contribution in [2.45, 2.75) is 74.3 Å². The zero-order chi connectivity index (χ0) is 25.7. The normalized spacial score (nSPS) is 23.8. The SMILES string of the molecule is C1CCCCC1.Cc1ccc(S(=O)(=O)[N-][C@H]2C3c4ccccc4C(c4ccccc43)[C@H]2N)cc1.[Cl][Ru+]. The Kier molecular flexibility index (Phi) is 9.41. The van der Waals surface area contributed by atoms with E-state index in [1.54, 1.807) is 24.3 Å². The third-order valence-electron chi connectivity index (χ3n) is 7.53. The second-order valence-electron chi connectivity index (χ2n) is 9.80. The first-order valence-corrected chi connectivity index (χ1v) is 16.3. The van der Waals surface area contributed by atoms with Crippen molar-refractivity contribution in [2.24, 2.45) is 5.73 Å². The van der Waals surface area contributed by atoms with E-state index in [1.165, 1.54) is 49.7 Å². The van der Waals surface area contributed by atoms with Gasteiger partial charge in [0.15, 0.2) is 0 Å². The molecule has 36 heavy (non-hydrogen) atoms. The van der Waals surface area contributed by atoms with Crippen LogP contribution in [0.5, 0.6) is 0 Å². The van der Waals surface area contributed by atoms with Crippen molar-refractivity contribution in [3.63, 3.8) is 0 Å². The van der Waals surface area contributed by atoms with Crippen molar-refractivity contribution in [1.82, 2.24) is 0 Å². The average Bonchev–Trinajstić information content (AvgIpc) is 2.92. The van der Waals surface area contributed by atoms with Gasteiger partial charge in [0, 0.05) is 16.9 Å². The van der Waals surface area contributed by atoms with E-state index >= 15 is 0 Å². The monoisotopic (exact) mass is 610 g/mol. The minimum absolute atomic E-state index is 0.0423. The summed E-state index contributed by atoms with van der Waals surface area (Å²) in [7, 11) is 0.777. The molecule has 3 aromatic rings. The Hall–Kier alpha value is -1.56. The molecule has 7 heteroatoms. The zero-order valence-corrected chi connectivity index (χ0v) is 23.8. The van der Waals surface area contributed by atoms with E-state index in [2.05, 4.69) is 38.7 Å². The Bertz CT molecular complexity index is 1200. The summed E-state index contributed by atoms with van der Waals surface area (Å²) in [6.07, 6.45) is 9.00. The molecule has 0 spiro atoms. The first-order chi connectivity index (χ1) is 17.5. The first kappa shape index (κ1) is 27.5. The van der Waals surface area contributed by atoms with E-state index in [0.717, 1.165) is 16.7 Å². The van der Waals surface area contributed by atoms with Crippen LogP contribution in [-0.2, 0) is 27.3 Å². The van der Waals surface area contributed by atoms with Crippen molar-refractivity contribution >= 4 is 19.7 Å². The molecule has 4 aliphatic rings. The summed E-state index contributed by atoms with van der Waals surface area (Å²) >= 11 is 1.82. The fourth-order valence-corrected chi connectivity index (χ4v) is 7.00. The van der Waals surface area contributed by atoms with Crippen molar-refractivity contribution in [3.8, 4) is 0 Å². The van der Waals surface area contributed by atoms with Gasteiger partial charge in [0.1, 0.15) is 10.0 Å². The molecule has 0 radical (unpaired) electrons. The van der Waals surface area contributed by atoms with Crippen LogP contribution in [0, 0.1) is 6.92 Å². The van der Waals surface area contributed by atoms with Gasteiger partial charge < -0.3 is 10.5 Å². The molecule has 1 fully saturated rings. The van der Waals surface area contributed by atoms with Gasteiger partial charge in [0.05, 0.1) is 0 Å². The molecule has 0 saturated heterocycles. The Morgan fingerprint density at radius 3 is 1.53 bits per heavy atom. The molecule has 0 heterocycles. The molecular formula is C29H33ClN2O2RuS. The van der Waals surface area contributed by atoms with Crippen molar-refractivity contribution in [1.29, 1.82) is 0 Å². The second kappa shape index (κ2) is 12.3. The second-order valence-corrected chi connectivity index (χ2v) is 11.4. The number of benzene rings is 3. The maximum absolute atomic E-state index is 13.0. The summed E-state index contributed by atoms with van der Waals surface area (Å²) in [6.45, 7) is 1.93. The molecule has 2 atom stereocenters. The van der Waals surface area contributed by atoms with E-state index in [0.29, 0.717) is 0 Å². The van der Waals surface area contributed by atoms with Crippen LogP contribution in [0.15, 0.2) is 77.7 Å². The van der Waals surface area contributed by atoms with Gasteiger partial charge in [0.25, 0.3) is 0 Å². The average molecular weight is 610 g/mol. The fraction of sp³-hybridized carbons (Fsp3) is 0.379. The number of nitrogens with zero attached hydrogens (tertiary/aromatic N) is 1. The molecule has 1 saturated carbocycles. The van der Waals surface area contributed by atoms with Crippen molar-refractivity contribution in [2.75, 3.05) is 0 Å². The molecule has 3 aromatic carbocycles. The molecule has 0 aromatic heterocycles. The number of halogens is 1. The molecule has 2 N–H and O–H groups in total. The third kappa shape index (κ3) is 5.64. The number of aryl methyl sites for hydroxylation is 1. The molecule has 7 rings (SSSR count). The summed E-state index contributed by atoms with van der Waals surface area (Å²) in [5, 5.41) is 0. The quantitative estimate of drug-likeness (QED) is 0.323. The predicted molar refractivity (Wildman–Crippen MR) is 144 cm³/mol. The Labute approximate surface area is 229 Å². The van der Waals surface area contributed by atoms with Crippen LogP contribution in [-0.4, -0.2) is 20.5 Å². The summed E-state index contributed by atoms with van der Waals surface area (Å²) < 4.78 is 30.4. The Morgan fingerprint density at radius 2 is 1.11 bits per heavy atom. The molecule has 0 unspecified atom stereocenters. The summed E-state index contributed by atoms with van der Waals surface area (Å²) in [4.78, 5) is 0.216. The van der Waals surface area contributed by atoms with Gasteiger partial charge in [-0.2, -0.15) is 0 Å². The van der Waals surface area contributed by atoms with Gasteiger partial charge in [-0.3, -0.25) is 0 Å². The van der Waals surface area contributed by atoms with Gasteiger partial charge in [-0.1, -0.05) is 111 Å². The van der Waals surface area contributed by atoms with E-state index in [1.807, 2.05) is 48.5 Å². The Balaban J connectivity index is 0.000000330. The number of fused-ring (bicyclic) bond motifs is 1. The van der Waals surface area contributed by atoms with Crippen molar-refractivity contribution in [3.05, 3.63) is 105 Å². The molecule has 4 aliphatic carbocycles. The van der Waals surface area contributed by atoms with Crippen LogP contribution in [0.2, 0.25) is 0 Å². The van der Waals surface area contributed by atoms with E-state index in [-0.39, 0.29) is 22.8 Å². The van der Waals surface area contributed by atoms with Crippen molar-refractivity contribution < 1.29 is 25.7 Å². The number of nitrogens with two attached hydrogens (primary N) is 1. The van der Waals surface area contributed by atoms with Crippen LogP contribution < -0.4 is 5.73 Å². The van der Waals surface area contributed by atoms with Gasteiger partial charge in [-0.25, -0.2) is 8.42 Å². The van der Waals surface area contributed by atoms with E-state index < -0.39 is 16.1 Å². The van der Waals surface area contributed by atoms with Gasteiger partial charge in [-0.05, 0) is 47.2 Å². The van der Waals surface area contributed by atoms with E-state index in [4.69, 9.17) is 5.73 Å². The predicted octanol–water partition coefficient (Wildman–Crippen LogP) is 7.07. The standard InChI is InChI=1S/C23H21N2O2S.C6H12.ClH.Ru/c1-14-10-12-15(13-11-14)28(26,27)25-23-21-18-8-4-2-6-16(18)20(22(23)24)17-7-3-5-9-19(17)21;1-2-4-6-5-3-1;;/h2-13,20-23H,24H2,1H3;1-6H2;1H;/q-1;;;+2/p-1/t20?,21?,22-,23+;;;/m1.../s1. The van der Waals surface area contributed by atoms with Crippen LogP contribution in [0.3, 0.4) is 0 Å². The number of rotatable bonds is 3. The van der Waals surface area contributed by atoms with Crippen LogP contribution in [0.25, 0.3) is 4.72 Å². The first-order valence-electron chi connectivity index (χ1n) is 12.6. The molecule has 0 aliphatic heterocycles.